The average Bonchev–Trinajstić information content (AvgIpc) is 2.19. The van der Waals surface area contributed by atoms with Gasteiger partial charge in [0.05, 0.1) is 24.2 Å². The minimum atomic E-state index is 1.15. The van der Waals surface area contributed by atoms with Crippen molar-refractivity contribution in [1.29, 1.82) is 0 Å². The molecule has 0 aliphatic carbocycles. The summed E-state index contributed by atoms with van der Waals surface area (Å²) < 4.78 is 2.94. The maximum atomic E-state index is 4.86. The Kier molecular flexibility index (Phi) is 1.53. The molecule has 0 unspecified atom stereocenters. The summed E-state index contributed by atoms with van der Waals surface area (Å²) in [7, 11) is 0. The molecule has 1 heterocycles. The van der Waals surface area contributed by atoms with Crippen molar-refractivity contribution in [2.75, 3.05) is 0 Å². The van der Waals surface area contributed by atoms with E-state index < -0.39 is 0 Å². The van der Waals surface area contributed by atoms with E-state index in [-0.39, 0.29) is 0 Å². The molecule has 6 heteroatoms. The summed E-state index contributed by atoms with van der Waals surface area (Å²) in [6.45, 7) is 0. The first kappa shape index (κ1) is 5.17. The van der Waals surface area contributed by atoms with Gasteiger partial charge in [-0.1, -0.05) is 4.63 Å². The highest BCUT2D eigenvalue weighted by Gasteiger charge is 1.79. The standard InChI is InChI=1S/C2H2ClN5/c3-5-7-8-2-1-4-6-8/h1-2H. The number of halogens is 1. The Morgan fingerprint density at radius 2 is 2.50 bits per heavy atom. The maximum absolute atomic E-state index is 4.86. The first-order chi connectivity index (χ1) is 3.93. The Labute approximate surface area is 50.1 Å². The molecule has 0 spiro atoms. The highest BCUT2D eigenvalue weighted by atomic mass is 35.5. The van der Waals surface area contributed by atoms with E-state index in [0.717, 1.165) is 4.79 Å². The first-order valence-electron chi connectivity index (χ1n) is 1.82. The monoisotopic (exact) mass is 131 g/mol. The van der Waals surface area contributed by atoms with Gasteiger partial charge in [0.1, 0.15) is 0 Å². The van der Waals surface area contributed by atoms with Gasteiger partial charge in [0.2, 0.25) is 0 Å². The minimum absolute atomic E-state index is 1.15. The molecule has 0 bridgehead atoms. The third-order valence-corrected chi connectivity index (χ3v) is 0.603. The summed E-state index contributed by atoms with van der Waals surface area (Å²) in [5.74, 6) is 0. The molecule has 0 radical (unpaired) electrons. The fourth-order valence-electron chi connectivity index (χ4n) is 0.284. The van der Waals surface area contributed by atoms with Crippen molar-refractivity contribution in [3.63, 3.8) is 0 Å². The van der Waals surface area contributed by atoms with Crippen LogP contribution >= 0.6 is 11.8 Å². The van der Waals surface area contributed by atoms with Crippen LogP contribution in [-0.4, -0.2) is 15.1 Å². The summed E-state index contributed by atoms with van der Waals surface area (Å²) in [5.41, 5.74) is 0. The van der Waals surface area contributed by atoms with Crippen molar-refractivity contribution in [2.24, 2.45) is 9.86 Å². The summed E-state index contributed by atoms with van der Waals surface area (Å²) in [5, 5.41) is 10.2. The Hall–Kier alpha value is -0.970. The maximum Gasteiger partial charge on any atom is 0.0733 e. The molecular weight excluding hydrogens is 130 g/mol. The molecular formula is C2H2ClN5. The zero-order chi connectivity index (χ0) is 5.82. The van der Waals surface area contributed by atoms with E-state index >= 15 is 0 Å². The summed E-state index contributed by atoms with van der Waals surface area (Å²) in [4.78, 5) is 1.15. The third kappa shape index (κ3) is 1.00. The summed E-state index contributed by atoms with van der Waals surface area (Å²) >= 11 is 4.86. The van der Waals surface area contributed by atoms with Gasteiger partial charge in [0, 0.05) is 0 Å². The zero-order valence-electron chi connectivity index (χ0n) is 3.77. The van der Waals surface area contributed by atoms with Crippen LogP contribution in [0, 0.1) is 0 Å². The second-order valence-electron chi connectivity index (χ2n) is 0.988. The molecule has 0 N–H and O–H groups in total. The minimum Gasteiger partial charge on any atom is -0.137 e. The van der Waals surface area contributed by atoms with Crippen LogP contribution in [0.5, 0.6) is 0 Å². The molecule has 42 valence electrons. The van der Waals surface area contributed by atoms with Crippen molar-refractivity contribution in [1.82, 2.24) is 15.1 Å². The van der Waals surface area contributed by atoms with E-state index in [1.54, 1.807) is 0 Å². The van der Waals surface area contributed by atoms with Gasteiger partial charge >= 0.3 is 0 Å². The second-order valence-corrected chi connectivity index (χ2v) is 1.14. The van der Waals surface area contributed by atoms with Gasteiger partial charge in [-0.25, -0.2) is 0 Å². The van der Waals surface area contributed by atoms with Gasteiger partial charge in [0.15, 0.2) is 0 Å². The van der Waals surface area contributed by atoms with E-state index in [0.29, 0.717) is 0 Å². The van der Waals surface area contributed by atoms with E-state index in [1.165, 1.54) is 12.4 Å². The van der Waals surface area contributed by atoms with Gasteiger partial charge < -0.3 is 0 Å². The average molecular weight is 132 g/mol. The lowest BCUT2D eigenvalue weighted by atomic mass is 11.0. The lowest BCUT2D eigenvalue weighted by molar-refractivity contribution is 0.661. The SMILES string of the molecule is ClN=Nn1ccnn1. The number of aromatic nitrogens is 3. The van der Waals surface area contributed by atoms with Crippen LogP contribution in [0.25, 0.3) is 0 Å². The van der Waals surface area contributed by atoms with Crippen LogP contribution in [0.1, 0.15) is 0 Å². The molecule has 1 aromatic rings. The molecule has 1 rings (SSSR count). The molecule has 0 amide bonds. The highest BCUT2D eigenvalue weighted by Crippen LogP contribution is 1.82. The van der Waals surface area contributed by atoms with Crippen molar-refractivity contribution in [3.05, 3.63) is 12.4 Å². The van der Waals surface area contributed by atoms with Gasteiger partial charge in [-0.15, -0.1) is 9.89 Å². The fourth-order valence-corrected chi connectivity index (χ4v) is 0.354. The first-order valence-corrected chi connectivity index (χ1v) is 2.16. The number of rotatable bonds is 1. The van der Waals surface area contributed by atoms with Crippen molar-refractivity contribution >= 4 is 11.8 Å². The molecule has 0 aliphatic rings. The fraction of sp³-hybridized carbons (Fsp3) is 0. The van der Waals surface area contributed by atoms with E-state index in [2.05, 4.69) is 20.2 Å². The van der Waals surface area contributed by atoms with E-state index in [4.69, 9.17) is 11.8 Å². The largest absolute Gasteiger partial charge is 0.137 e. The molecule has 5 nitrogen and oxygen atoms in total. The Balaban J connectivity index is 2.77. The Morgan fingerprint density at radius 3 is 3.00 bits per heavy atom. The predicted molar refractivity (Wildman–Crippen MR) is 26.1 cm³/mol. The molecule has 0 aromatic carbocycles. The third-order valence-electron chi connectivity index (χ3n) is 0.535. The molecule has 0 atom stereocenters. The van der Waals surface area contributed by atoms with Gasteiger partial charge in [0.25, 0.3) is 0 Å². The predicted octanol–water partition coefficient (Wildman–Crippen LogP) is 0.647. The topological polar surface area (TPSA) is 55.4 Å². The van der Waals surface area contributed by atoms with E-state index in [9.17, 15) is 0 Å². The normalized spacial score (nSPS) is 10.6. The Bertz CT molecular complexity index is 167. The van der Waals surface area contributed by atoms with Crippen LogP contribution in [0.2, 0.25) is 0 Å². The highest BCUT2D eigenvalue weighted by molar-refractivity contribution is 6.13. The molecule has 0 saturated heterocycles. The second kappa shape index (κ2) is 2.37. The van der Waals surface area contributed by atoms with Crippen molar-refractivity contribution < 1.29 is 0 Å². The van der Waals surface area contributed by atoms with Crippen molar-refractivity contribution in [2.45, 2.75) is 0 Å². The molecule has 8 heavy (non-hydrogen) atoms. The van der Waals surface area contributed by atoms with Crippen LogP contribution in [-0.2, 0) is 0 Å². The van der Waals surface area contributed by atoms with Gasteiger partial charge in [-0.05, 0) is 10.4 Å². The number of nitrogens with zero attached hydrogens (tertiary/aromatic N) is 5. The van der Waals surface area contributed by atoms with E-state index in [1.807, 2.05) is 0 Å². The smallest absolute Gasteiger partial charge is 0.0733 e. The summed E-state index contributed by atoms with van der Waals surface area (Å²) in [6.07, 6.45) is 3.00. The van der Waals surface area contributed by atoms with Crippen LogP contribution in [0.4, 0.5) is 0 Å². The number of hydrogen-bond acceptors (Lipinski definition) is 4. The molecule has 0 aliphatic heterocycles. The lowest BCUT2D eigenvalue weighted by Gasteiger charge is -1.77. The van der Waals surface area contributed by atoms with Gasteiger partial charge in [-0.3, -0.25) is 0 Å². The van der Waals surface area contributed by atoms with Crippen LogP contribution in [0.3, 0.4) is 0 Å². The quantitative estimate of drug-likeness (QED) is 0.526. The Morgan fingerprint density at radius 1 is 1.62 bits per heavy atom. The summed E-state index contributed by atoms with van der Waals surface area (Å²) in [6, 6.07) is 0. The molecule has 1 aromatic heterocycles. The molecule has 0 fully saturated rings. The lowest BCUT2D eigenvalue weighted by Crippen LogP contribution is -1.85. The number of hydrogen-bond donors (Lipinski definition) is 0. The van der Waals surface area contributed by atoms with Crippen LogP contribution in [0.15, 0.2) is 22.3 Å². The molecule has 0 saturated carbocycles. The van der Waals surface area contributed by atoms with Crippen LogP contribution < -0.4 is 0 Å². The van der Waals surface area contributed by atoms with Crippen molar-refractivity contribution in [3.8, 4) is 0 Å². The zero-order valence-corrected chi connectivity index (χ0v) is 4.52. The van der Waals surface area contributed by atoms with Gasteiger partial charge in [-0.2, -0.15) is 0 Å².